The minimum Gasteiger partial charge on any atom is -0.352 e. The molecule has 1 aliphatic rings. The summed E-state index contributed by atoms with van der Waals surface area (Å²) in [4.78, 5) is 8.19. The van der Waals surface area contributed by atoms with Crippen LogP contribution in [0.15, 0.2) is 46.8 Å². The lowest BCUT2D eigenvalue weighted by Gasteiger charge is -2.30. The van der Waals surface area contributed by atoms with Crippen LogP contribution in [-0.4, -0.2) is 31.0 Å². The van der Waals surface area contributed by atoms with Gasteiger partial charge in [-0.1, -0.05) is 37.3 Å². The Bertz CT molecular complexity index is 679. The highest BCUT2D eigenvalue weighted by atomic mass is 32.1. The Morgan fingerprint density at radius 3 is 2.62 bits per heavy atom. The highest BCUT2D eigenvalue weighted by Gasteiger charge is 2.16. The van der Waals surface area contributed by atoms with Gasteiger partial charge >= 0.3 is 0 Å². The third-order valence-corrected chi connectivity index (χ3v) is 5.74. The number of guanidine groups is 1. The van der Waals surface area contributed by atoms with E-state index in [4.69, 9.17) is 0 Å². The van der Waals surface area contributed by atoms with Gasteiger partial charge in [0.05, 0.1) is 6.54 Å². The van der Waals surface area contributed by atoms with Gasteiger partial charge in [-0.15, -0.1) is 11.3 Å². The van der Waals surface area contributed by atoms with Crippen molar-refractivity contribution >= 4 is 17.3 Å². The molecule has 26 heavy (non-hydrogen) atoms. The van der Waals surface area contributed by atoms with Crippen LogP contribution in [0, 0.1) is 5.92 Å². The fourth-order valence-electron chi connectivity index (χ4n) is 3.44. The molecular weight excluding hydrogens is 340 g/mol. The van der Waals surface area contributed by atoms with E-state index in [-0.39, 0.29) is 0 Å². The van der Waals surface area contributed by atoms with Crippen molar-refractivity contribution in [3.63, 3.8) is 0 Å². The van der Waals surface area contributed by atoms with Crippen LogP contribution in [0.4, 0.5) is 0 Å². The van der Waals surface area contributed by atoms with E-state index in [0.29, 0.717) is 0 Å². The number of hydrogen-bond acceptors (Lipinski definition) is 3. The van der Waals surface area contributed by atoms with Gasteiger partial charge < -0.3 is 10.6 Å². The molecule has 0 spiro atoms. The highest BCUT2D eigenvalue weighted by Crippen LogP contribution is 2.18. The third-order valence-electron chi connectivity index (χ3n) is 4.86. The minimum absolute atomic E-state index is 0.783. The van der Waals surface area contributed by atoms with Gasteiger partial charge in [-0.25, -0.2) is 0 Å². The molecule has 0 saturated carbocycles. The molecule has 1 unspecified atom stereocenters. The molecule has 2 N–H and O–H groups in total. The van der Waals surface area contributed by atoms with E-state index in [2.05, 4.69) is 69.2 Å². The monoisotopic (exact) mass is 370 g/mol. The Labute approximate surface area is 161 Å². The second-order valence-electron chi connectivity index (χ2n) is 7.16. The van der Waals surface area contributed by atoms with Crippen LogP contribution in [0.2, 0.25) is 0 Å². The van der Waals surface area contributed by atoms with Gasteiger partial charge in [0.15, 0.2) is 5.96 Å². The zero-order chi connectivity index (χ0) is 18.2. The zero-order valence-electron chi connectivity index (χ0n) is 15.9. The number of nitrogens with one attached hydrogen (secondary N) is 2. The van der Waals surface area contributed by atoms with Crippen LogP contribution in [0.25, 0.3) is 0 Å². The zero-order valence-corrected chi connectivity index (χ0v) is 16.7. The summed E-state index contributed by atoms with van der Waals surface area (Å²) in [7, 11) is 1.81. The largest absolute Gasteiger partial charge is 0.352 e. The van der Waals surface area contributed by atoms with Crippen LogP contribution < -0.4 is 10.6 Å². The van der Waals surface area contributed by atoms with E-state index in [9.17, 15) is 0 Å². The first-order chi connectivity index (χ1) is 12.7. The van der Waals surface area contributed by atoms with Crippen molar-refractivity contribution in [3.05, 3.63) is 57.8 Å². The topological polar surface area (TPSA) is 39.7 Å². The third kappa shape index (κ3) is 5.85. The number of piperidine rings is 1. The van der Waals surface area contributed by atoms with Gasteiger partial charge in [0, 0.05) is 31.6 Å². The van der Waals surface area contributed by atoms with Crippen molar-refractivity contribution in [3.8, 4) is 0 Å². The maximum absolute atomic E-state index is 4.30. The Morgan fingerprint density at radius 1 is 1.15 bits per heavy atom. The van der Waals surface area contributed by atoms with E-state index >= 15 is 0 Å². The molecule has 0 amide bonds. The van der Waals surface area contributed by atoms with Crippen molar-refractivity contribution in [2.24, 2.45) is 10.9 Å². The SMILES string of the molecule is CN=C(NCc1ccc(CN2CCCC(C)C2)cc1)NCc1cccs1. The van der Waals surface area contributed by atoms with Crippen molar-refractivity contribution in [2.75, 3.05) is 20.1 Å². The van der Waals surface area contributed by atoms with E-state index in [1.54, 1.807) is 11.3 Å². The molecule has 1 aromatic heterocycles. The van der Waals surface area contributed by atoms with Crippen LogP contribution >= 0.6 is 11.3 Å². The minimum atomic E-state index is 0.783. The average molecular weight is 371 g/mol. The standard InChI is InChI=1S/C21H30N4S/c1-17-5-3-11-25(15-17)16-19-9-7-18(8-10-19)13-23-21(22-2)24-14-20-6-4-12-26-20/h4,6-10,12,17H,3,5,11,13-16H2,1-2H3,(H2,22,23,24). The molecule has 1 saturated heterocycles. The van der Waals surface area contributed by atoms with Gasteiger partial charge in [-0.2, -0.15) is 0 Å². The lowest BCUT2D eigenvalue weighted by atomic mass is 9.99. The molecule has 1 fully saturated rings. The van der Waals surface area contributed by atoms with Crippen LogP contribution in [0.3, 0.4) is 0 Å². The first-order valence-electron chi connectivity index (χ1n) is 9.50. The number of benzene rings is 1. The smallest absolute Gasteiger partial charge is 0.191 e. The average Bonchev–Trinajstić information content (AvgIpc) is 3.17. The van der Waals surface area contributed by atoms with E-state index in [0.717, 1.165) is 31.5 Å². The summed E-state index contributed by atoms with van der Waals surface area (Å²) in [5.74, 6) is 1.67. The summed E-state index contributed by atoms with van der Waals surface area (Å²) in [5.41, 5.74) is 2.68. The van der Waals surface area contributed by atoms with Crippen molar-refractivity contribution in [1.82, 2.24) is 15.5 Å². The van der Waals surface area contributed by atoms with Gasteiger partial charge in [-0.05, 0) is 47.9 Å². The molecule has 3 rings (SSSR count). The van der Waals surface area contributed by atoms with Crippen molar-refractivity contribution < 1.29 is 0 Å². The van der Waals surface area contributed by atoms with Gasteiger partial charge in [-0.3, -0.25) is 9.89 Å². The van der Waals surface area contributed by atoms with E-state index in [1.807, 2.05) is 7.05 Å². The molecular formula is C21H30N4S. The first kappa shape index (κ1) is 18.9. The fourth-order valence-corrected chi connectivity index (χ4v) is 4.09. The van der Waals surface area contributed by atoms with Gasteiger partial charge in [0.2, 0.25) is 0 Å². The molecule has 1 aromatic carbocycles. The summed E-state index contributed by atoms with van der Waals surface area (Å²) in [6.45, 7) is 7.49. The molecule has 2 heterocycles. The fraction of sp³-hybridized carbons (Fsp3) is 0.476. The molecule has 4 nitrogen and oxygen atoms in total. The molecule has 2 aromatic rings. The van der Waals surface area contributed by atoms with Gasteiger partial charge in [0.1, 0.15) is 0 Å². The number of hydrogen-bond donors (Lipinski definition) is 2. The highest BCUT2D eigenvalue weighted by molar-refractivity contribution is 7.09. The molecule has 1 aliphatic heterocycles. The second kappa shape index (κ2) is 9.74. The van der Waals surface area contributed by atoms with Gasteiger partial charge in [0.25, 0.3) is 0 Å². The molecule has 0 bridgehead atoms. The molecule has 1 atom stereocenters. The first-order valence-corrected chi connectivity index (χ1v) is 10.4. The number of rotatable bonds is 6. The summed E-state index contributed by atoms with van der Waals surface area (Å²) in [6.07, 6.45) is 2.71. The number of nitrogens with zero attached hydrogens (tertiary/aromatic N) is 2. The van der Waals surface area contributed by atoms with Crippen LogP contribution in [-0.2, 0) is 19.6 Å². The Kier molecular flexibility index (Phi) is 7.09. The maximum Gasteiger partial charge on any atom is 0.191 e. The summed E-state index contributed by atoms with van der Waals surface area (Å²) in [5, 5.41) is 8.84. The molecule has 0 aliphatic carbocycles. The summed E-state index contributed by atoms with van der Waals surface area (Å²) >= 11 is 1.76. The normalized spacial score (nSPS) is 18.7. The molecule has 0 radical (unpaired) electrons. The number of aliphatic imine (C=N–C) groups is 1. The predicted molar refractivity (Wildman–Crippen MR) is 111 cm³/mol. The quantitative estimate of drug-likeness (QED) is 0.599. The molecule has 140 valence electrons. The van der Waals surface area contributed by atoms with Crippen LogP contribution in [0.1, 0.15) is 35.8 Å². The van der Waals surface area contributed by atoms with Crippen molar-refractivity contribution in [1.29, 1.82) is 0 Å². The molecule has 5 heteroatoms. The van der Waals surface area contributed by atoms with Crippen molar-refractivity contribution in [2.45, 2.75) is 39.4 Å². The van der Waals surface area contributed by atoms with E-state index < -0.39 is 0 Å². The van der Waals surface area contributed by atoms with Crippen LogP contribution in [0.5, 0.6) is 0 Å². The summed E-state index contributed by atoms with van der Waals surface area (Å²) in [6, 6.07) is 13.2. The number of thiophene rings is 1. The van der Waals surface area contributed by atoms with E-state index in [1.165, 1.54) is 41.9 Å². The Hall–Kier alpha value is -1.85. The Balaban J connectivity index is 1.44. The number of likely N-dealkylation sites (tertiary alicyclic amines) is 1. The lowest BCUT2D eigenvalue weighted by molar-refractivity contribution is 0.176. The summed E-state index contributed by atoms with van der Waals surface area (Å²) < 4.78 is 0. The second-order valence-corrected chi connectivity index (χ2v) is 8.19. The maximum atomic E-state index is 4.30. The lowest BCUT2D eigenvalue weighted by Crippen LogP contribution is -2.36. The Morgan fingerprint density at radius 2 is 1.92 bits per heavy atom. The predicted octanol–water partition coefficient (Wildman–Crippen LogP) is 3.85.